The molecule has 16 heavy (non-hydrogen) atoms. The third-order valence-corrected chi connectivity index (χ3v) is 3.48. The van der Waals surface area contributed by atoms with Gasteiger partial charge in [-0.15, -0.1) is 11.8 Å². The Morgan fingerprint density at radius 2 is 2.12 bits per heavy atom. The fourth-order valence-corrected chi connectivity index (χ4v) is 2.66. The molecule has 0 amide bonds. The van der Waals surface area contributed by atoms with E-state index in [9.17, 15) is 0 Å². The number of hydrogen-bond acceptors (Lipinski definition) is 3. The second kappa shape index (κ2) is 3.36. The average Bonchev–Trinajstić information content (AvgIpc) is 2.70. The number of rotatable bonds is 0. The van der Waals surface area contributed by atoms with E-state index in [0.717, 1.165) is 32.6 Å². The van der Waals surface area contributed by atoms with Gasteiger partial charge in [-0.3, -0.25) is 0 Å². The number of aliphatic imine (C=N–C) groups is 1. The fraction of sp³-hybridized carbons (Fsp3) is 0.0769. The maximum absolute atomic E-state index is 9.07. The Morgan fingerprint density at radius 1 is 1.25 bits per heavy atom. The minimum atomic E-state index is 0.721. The van der Waals surface area contributed by atoms with Crippen molar-refractivity contribution in [1.29, 1.82) is 5.26 Å². The van der Waals surface area contributed by atoms with Crippen molar-refractivity contribution >= 4 is 33.3 Å². The summed E-state index contributed by atoms with van der Waals surface area (Å²) in [5, 5.41) is 12.2. The molecule has 0 atom stereocenters. The standard InChI is InChI=1S/C13H8N2S/c1-16-13-10-4-2-3-9-8(7-14)5-6-11(15-13)12(9)10/h2-6H,1H3. The molecule has 0 spiro atoms. The Bertz CT molecular complexity index is 665. The van der Waals surface area contributed by atoms with E-state index in [1.165, 1.54) is 0 Å². The van der Waals surface area contributed by atoms with Gasteiger partial charge in [-0.1, -0.05) is 18.2 Å². The molecule has 2 nitrogen and oxygen atoms in total. The first kappa shape index (κ1) is 9.44. The van der Waals surface area contributed by atoms with Crippen molar-refractivity contribution in [3.05, 3.63) is 41.5 Å². The first-order chi connectivity index (χ1) is 7.85. The molecule has 0 saturated carbocycles. The Balaban J connectivity index is 2.47. The zero-order valence-corrected chi connectivity index (χ0v) is 9.51. The van der Waals surface area contributed by atoms with Crippen molar-refractivity contribution in [2.45, 2.75) is 0 Å². The van der Waals surface area contributed by atoms with Crippen LogP contribution in [0.15, 0.2) is 35.3 Å². The number of thioether (sulfide) groups is 1. The lowest BCUT2D eigenvalue weighted by Gasteiger charge is -2.02. The number of nitrogens with zero attached hydrogens (tertiary/aromatic N) is 2. The van der Waals surface area contributed by atoms with Crippen LogP contribution in [0.3, 0.4) is 0 Å². The van der Waals surface area contributed by atoms with Crippen LogP contribution in [0.1, 0.15) is 11.1 Å². The average molecular weight is 224 g/mol. The SMILES string of the molecule is CSC1=Nc2ccc(C#N)c3cccc1c23. The van der Waals surface area contributed by atoms with Gasteiger partial charge >= 0.3 is 0 Å². The molecule has 76 valence electrons. The van der Waals surface area contributed by atoms with Crippen molar-refractivity contribution in [2.24, 2.45) is 4.99 Å². The van der Waals surface area contributed by atoms with E-state index in [1.54, 1.807) is 11.8 Å². The van der Waals surface area contributed by atoms with Crippen LogP contribution in [0.5, 0.6) is 0 Å². The summed E-state index contributed by atoms with van der Waals surface area (Å²) in [5.41, 5.74) is 2.85. The van der Waals surface area contributed by atoms with E-state index in [0.29, 0.717) is 0 Å². The van der Waals surface area contributed by atoms with Crippen LogP contribution >= 0.6 is 11.8 Å². The molecule has 1 aliphatic heterocycles. The summed E-state index contributed by atoms with van der Waals surface area (Å²) in [5.74, 6) is 0. The van der Waals surface area contributed by atoms with Gasteiger partial charge in [-0.2, -0.15) is 5.26 Å². The van der Waals surface area contributed by atoms with E-state index in [-0.39, 0.29) is 0 Å². The zero-order chi connectivity index (χ0) is 11.1. The van der Waals surface area contributed by atoms with E-state index < -0.39 is 0 Å². The van der Waals surface area contributed by atoms with Crippen molar-refractivity contribution in [3.63, 3.8) is 0 Å². The van der Waals surface area contributed by atoms with Gasteiger partial charge in [0, 0.05) is 16.3 Å². The maximum atomic E-state index is 9.07. The van der Waals surface area contributed by atoms with Gasteiger partial charge in [-0.05, 0) is 18.4 Å². The molecule has 0 bridgehead atoms. The molecular weight excluding hydrogens is 216 g/mol. The van der Waals surface area contributed by atoms with E-state index in [1.807, 2.05) is 30.5 Å². The Hall–Kier alpha value is -1.79. The van der Waals surface area contributed by atoms with E-state index in [2.05, 4.69) is 17.1 Å². The highest BCUT2D eigenvalue weighted by atomic mass is 32.2. The van der Waals surface area contributed by atoms with Gasteiger partial charge in [0.2, 0.25) is 0 Å². The van der Waals surface area contributed by atoms with Crippen LogP contribution in [0.4, 0.5) is 5.69 Å². The molecule has 0 aromatic heterocycles. The molecular formula is C13H8N2S. The van der Waals surface area contributed by atoms with Gasteiger partial charge in [-0.25, -0.2) is 4.99 Å². The van der Waals surface area contributed by atoms with Gasteiger partial charge in [0.25, 0.3) is 0 Å². The lowest BCUT2D eigenvalue weighted by molar-refractivity contribution is 1.50. The smallest absolute Gasteiger partial charge is 0.104 e. The molecule has 0 N–H and O–H groups in total. The van der Waals surface area contributed by atoms with Crippen LogP contribution in [0, 0.1) is 11.3 Å². The first-order valence-electron chi connectivity index (χ1n) is 4.94. The van der Waals surface area contributed by atoms with Crippen molar-refractivity contribution in [2.75, 3.05) is 6.26 Å². The van der Waals surface area contributed by atoms with Crippen LogP contribution in [0.25, 0.3) is 10.8 Å². The topological polar surface area (TPSA) is 36.1 Å². The summed E-state index contributed by atoms with van der Waals surface area (Å²) < 4.78 is 0. The number of nitriles is 1. The molecule has 0 radical (unpaired) electrons. The second-order valence-electron chi connectivity index (χ2n) is 3.59. The highest BCUT2D eigenvalue weighted by Crippen LogP contribution is 2.38. The largest absolute Gasteiger partial charge is 0.241 e. The number of hydrogen-bond donors (Lipinski definition) is 0. The lowest BCUT2D eigenvalue weighted by atomic mass is 10.0. The molecule has 0 fully saturated rings. The minimum absolute atomic E-state index is 0.721. The Labute approximate surface area is 97.6 Å². The molecule has 2 aromatic carbocycles. The summed E-state index contributed by atoms with van der Waals surface area (Å²) in [6.07, 6.45) is 2.02. The predicted octanol–water partition coefficient (Wildman–Crippen LogP) is 3.47. The minimum Gasteiger partial charge on any atom is -0.241 e. The highest BCUT2D eigenvalue weighted by Gasteiger charge is 2.18. The van der Waals surface area contributed by atoms with Crippen LogP contribution in [0.2, 0.25) is 0 Å². The summed E-state index contributed by atoms with van der Waals surface area (Å²) in [6, 6.07) is 12.0. The monoisotopic (exact) mass is 224 g/mol. The predicted molar refractivity (Wildman–Crippen MR) is 68.4 cm³/mol. The van der Waals surface area contributed by atoms with Gasteiger partial charge in [0.15, 0.2) is 0 Å². The fourth-order valence-electron chi connectivity index (χ4n) is 2.08. The van der Waals surface area contributed by atoms with Crippen LogP contribution in [-0.4, -0.2) is 11.3 Å². The summed E-state index contributed by atoms with van der Waals surface area (Å²) in [6.45, 7) is 0. The van der Waals surface area contributed by atoms with Crippen molar-refractivity contribution in [1.82, 2.24) is 0 Å². The Kier molecular flexibility index (Phi) is 1.98. The third-order valence-electron chi connectivity index (χ3n) is 2.78. The van der Waals surface area contributed by atoms with Crippen molar-refractivity contribution in [3.8, 4) is 6.07 Å². The Morgan fingerprint density at radius 3 is 2.88 bits per heavy atom. The molecule has 0 aliphatic carbocycles. The summed E-state index contributed by atoms with van der Waals surface area (Å²) >= 11 is 1.64. The van der Waals surface area contributed by atoms with Gasteiger partial charge in [0.05, 0.1) is 17.3 Å². The normalized spacial score (nSPS) is 12.6. The number of benzene rings is 2. The molecule has 1 aliphatic rings. The van der Waals surface area contributed by atoms with Crippen LogP contribution < -0.4 is 0 Å². The summed E-state index contributed by atoms with van der Waals surface area (Å²) in [4.78, 5) is 4.56. The van der Waals surface area contributed by atoms with E-state index >= 15 is 0 Å². The highest BCUT2D eigenvalue weighted by molar-refractivity contribution is 8.13. The molecule has 3 heteroatoms. The third kappa shape index (κ3) is 1.11. The lowest BCUT2D eigenvalue weighted by Crippen LogP contribution is -1.90. The maximum Gasteiger partial charge on any atom is 0.104 e. The van der Waals surface area contributed by atoms with E-state index in [4.69, 9.17) is 5.26 Å². The molecule has 0 unspecified atom stereocenters. The molecule has 1 heterocycles. The van der Waals surface area contributed by atoms with Gasteiger partial charge < -0.3 is 0 Å². The molecule has 3 rings (SSSR count). The van der Waals surface area contributed by atoms with Crippen molar-refractivity contribution < 1.29 is 0 Å². The zero-order valence-electron chi connectivity index (χ0n) is 8.69. The van der Waals surface area contributed by atoms with Crippen LogP contribution in [-0.2, 0) is 0 Å². The molecule has 0 saturated heterocycles. The summed E-state index contributed by atoms with van der Waals surface area (Å²) in [7, 11) is 0. The molecule has 2 aromatic rings. The second-order valence-corrected chi connectivity index (χ2v) is 4.39. The van der Waals surface area contributed by atoms with Gasteiger partial charge in [0.1, 0.15) is 5.04 Å². The first-order valence-corrected chi connectivity index (χ1v) is 6.16. The quantitative estimate of drug-likeness (QED) is 0.687.